The second-order valence-corrected chi connectivity index (χ2v) is 8.27. The quantitative estimate of drug-likeness (QED) is 0.690. The van der Waals surface area contributed by atoms with Crippen molar-refractivity contribution in [3.05, 3.63) is 73.1 Å². The van der Waals surface area contributed by atoms with Gasteiger partial charge in [0.15, 0.2) is 0 Å². The van der Waals surface area contributed by atoms with Crippen molar-refractivity contribution in [1.29, 1.82) is 0 Å². The number of hydrogen-bond acceptors (Lipinski definition) is 4. The Morgan fingerprint density at radius 3 is 2.48 bits per heavy atom. The van der Waals surface area contributed by atoms with E-state index in [9.17, 15) is 0 Å². The summed E-state index contributed by atoms with van der Waals surface area (Å²) in [5.41, 5.74) is 10.3. The minimum atomic E-state index is 0.641. The molecule has 0 saturated heterocycles. The smallest absolute Gasteiger partial charge is 0.0944 e. The van der Waals surface area contributed by atoms with Crippen LogP contribution in [0.15, 0.2) is 73.1 Å². The molecular formula is C25H28N4. The van der Waals surface area contributed by atoms with Crippen LogP contribution in [0.5, 0.6) is 0 Å². The van der Waals surface area contributed by atoms with Crippen molar-refractivity contribution in [2.75, 3.05) is 18.1 Å². The highest BCUT2D eigenvalue weighted by Gasteiger charge is 2.26. The maximum absolute atomic E-state index is 5.85. The normalized spacial score (nSPS) is 21.8. The van der Waals surface area contributed by atoms with E-state index in [1.807, 2.05) is 6.07 Å². The maximum atomic E-state index is 5.85. The van der Waals surface area contributed by atoms with E-state index in [2.05, 4.69) is 76.8 Å². The number of nitrogens with zero attached hydrogens (tertiary/aromatic N) is 3. The molecule has 1 aliphatic heterocycles. The second-order valence-electron chi connectivity index (χ2n) is 8.27. The molecule has 2 N–H and O–H groups in total. The second kappa shape index (κ2) is 7.88. The molecule has 3 aromatic rings. The van der Waals surface area contributed by atoms with Crippen LogP contribution in [0.25, 0.3) is 22.2 Å². The van der Waals surface area contributed by atoms with Crippen LogP contribution >= 0.6 is 0 Å². The minimum Gasteiger partial charge on any atom is -0.355 e. The van der Waals surface area contributed by atoms with E-state index < -0.39 is 0 Å². The largest absolute Gasteiger partial charge is 0.355 e. The lowest BCUT2D eigenvalue weighted by Gasteiger charge is -2.35. The fourth-order valence-corrected chi connectivity index (χ4v) is 4.61. The summed E-state index contributed by atoms with van der Waals surface area (Å²) in [6.07, 6.45) is 9.48. The number of fused-ring (bicyclic) bond motifs is 1. The Morgan fingerprint density at radius 1 is 0.897 bits per heavy atom. The Hall–Kier alpha value is -2.85. The number of benzene rings is 2. The Labute approximate surface area is 172 Å². The fraction of sp³-hybridized carbons (Fsp3) is 0.320. The zero-order valence-corrected chi connectivity index (χ0v) is 16.7. The molecule has 29 heavy (non-hydrogen) atoms. The maximum Gasteiger partial charge on any atom is 0.0944 e. The van der Waals surface area contributed by atoms with E-state index in [0.29, 0.717) is 6.04 Å². The predicted molar refractivity (Wildman–Crippen MR) is 120 cm³/mol. The minimum absolute atomic E-state index is 0.641. The molecule has 2 aliphatic rings. The summed E-state index contributed by atoms with van der Waals surface area (Å²) in [5, 5.41) is 1.17. The molecule has 4 heteroatoms. The summed E-state index contributed by atoms with van der Waals surface area (Å²) in [6, 6.07) is 21.9. The van der Waals surface area contributed by atoms with Crippen LogP contribution in [-0.4, -0.2) is 29.1 Å². The van der Waals surface area contributed by atoms with Crippen molar-refractivity contribution in [2.45, 2.75) is 31.7 Å². The molecule has 1 saturated carbocycles. The lowest BCUT2D eigenvalue weighted by Crippen LogP contribution is -2.37. The summed E-state index contributed by atoms with van der Waals surface area (Å²) >= 11 is 0. The van der Waals surface area contributed by atoms with Crippen LogP contribution in [0.4, 0.5) is 5.69 Å². The van der Waals surface area contributed by atoms with Crippen molar-refractivity contribution < 1.29 is 0 Å². The molecule has 1 fully saturated rings. The molecule has 148 valence electrons. The van der Waals surface area contributed by atoms with Gasteiger partial charge in [-0.05, 0) is 56.3 Å². The van der Waals surface area contributed by atoms with Crippen molar-refractivity contribution in [3.63, 3.8) is 0 Å². The third kappa shape index (κ3) is 3.73. The zero-order chi connectivity index (χ0) is 19.6. The van der Waals surface area contributed by atoms with Gasteiger partial charge in [0.1, 0.15) is 0 Å². The van der Waals surface area contributed by atoms with Crippen LogP contribution < -0.4 is 10.6 Å². The summed E-state index contributed by atoms with van der Waals surface area (Å²) in [4.78, 5) is 9.74. The molecule has 1 aromatic heterocycles. The highest BCUT2D eigenvalue weighted by molar-refractivity contribution is 5.85. The monoisotopic (exact) mass is 384 g/mol. The number of rotatable bonds is 4. The summed E-state index contributed by atoms with van der Waals surface area (Å²) in [5.74, 6) is 0.722. The molecule has 2 aromatic carbocycles. The van der Waals surface area contributed by atoms with E-state index in [1.54, 1.807) is 0 Å². The van der Waals surface area contributed by atoms with Gasteiger partial charge in [0.05, 0.1) is 17.9 Å². The van der Waals surface area contributed by atoms with Crippen LogP contribution in [0.1, 0.15) is 25.7 Å². The number of hydrogen-bond donors (Lipinski definition) is 1. The summed E-state index contributed by atoms with van der Waals surface area (Å²) in [6.45, 7) is 1.76. The Bertz CT molecular complexity index is 1010. The van der Waals surface area contributed by atoms with E-state index in [-0.39, 0.29) is 0 Å². The van der Waals surface area contributed by atoms with Crippen LogP contribution in [-0.2, 0) is 0 Å². The van der Waals surface area contributed by atoms with E-state index in [1.165, 1.54) is 36.8 Å². The summed E-state index contributed by atoms with van der Waals surface area (Å²) in [7, 11) is 0. The lowest BCUT2D eigenvalue weighted by atomic mass is 9.85. The molecule has 0 unspecified atom stereocenters. The summed E-state index contributed by atoms with van der Waals surface area (Å²) < 4.78 is 0. The lowest BCUT2D eigenvalue weighted by molar-refractivity contribution is 0.199. The first-order valence-electron chi connectivity index (χ1n) is 10.7. The molecule has 4 nitrogen and oxygen atoms in total. The molecule has 2 heterocycles. The van der Waals surface area contributed by atoms with Crippen molar-refractivity contribution in [2.24, 2.45) is 11.7 Å². The zero-order valence-electron chi connectivity index (χ0n) is 16.7. The molecule has 0 bridgehead atoms. The first-order chi connectivity index (χ1) is 14.3. The molecule has 0 atom stereocenters. The topological polar surface area (TPSA) is 45.4 Å². The first-order valence-corrected chi connectivity index (χ1v) is 10.7. The van der Waals surface area contributed by atoms with Gasteiger partial charge in [0.2, 0.25) is 0 Å². The SMILES string of the molecule is NC[C@H]1CC[C@H](N2C=CN(c3ccc4ccc(-c5ccccc5)nc4c3)C2)CC1. The average Bonchev–Trinajstić information content (AvgIpc) is 3.29. The Morgan fingerprint density at radius 2 is 1.69 bits per heavy atom. The van der Waals surface area contributed by atoms with E-state index >= 15 is 0 Å². The molecule has 5 rings (SSSR count). The van der Waals surface area contributed by atoms with Gasteiger partial charge < -0.3 is 15.5 Å². The molecule has 1 aliphatic carbocycles. The van der Waals surface area contributed by atoms with Gasteiger partial charge in [-0.25, -0.2) is 4.98 Å². The highest BCUT2D eigenvalue weighted by atomic mass is 15.4. The number of pyridine rings is 1. The fourth-order valence-electron chi connectivity index (χ4n) is 4.61. The van der Waals surface area contributed by atoms with Gasteiger partial charge in [-0.2, -0.15) is 0 Å². The van der Waals surface area contributed by atoms with Crippen LogP contribution in [0.3, 0.4) is 0 Å². The molecule has 0 radical (unpaired) electrons. The van der Waals surface area contributed by atoms with Gasteiger partial charge in [0.25, 0.3) is 0 Å². The van der Waals surface area contributed by atoms with E-state index in [0.717, 1.165) is 35.9 Å². The van der Waals surface area contributed by atoms with Gasteiger partial charge in [-0.1, -0.05) is 42.5 Å². The molecule has 0 spiro atoms. The number of aromatic nitrogens is 1. The third-order valence-corrected chi connectivity index (χ3v) is 6.45. The van der Waals surface area contributed by atoms with Gasteiger partial charge in [0, 0.05) is 35.1 Å². The van der Waals surface area contributed by atoms with Gasteiger partial charge >= 0.3 is 0 Å². The predicted octanol–water partition coefficient (Wildman–Crippen LogP) is 4.97. The number of anilines is 1. The highest BCUT2D eigenvalue weighted by Crippen LogP contribution is 2.31. The van der Waals surface area contributed by atoms with Crippen molar-refractivity contribution in [3.8, 4) is 11.3 Å². The van der Waals surface area contributed by atoms with Gasteiger partial charge in [-0.15, -0.1) is 0 Å². The standard InChI is InChI=1S/C25H28N4/c26-17-19-6-10-22(11-7-19)28-14-15-29(18-28)23-12-8-21-9-13-24(27-25(21)16-23)20-4-2-1-3-5-20/h1-5,8-9,12-16,19,22H,6-7,10-11,17-18,26H2/t19-,22-. The van der Waals surface area contributed by atoms with Crippen LogP contribution in [0, 0.1) is 5.92 Å². The van der Waals surface area contributed by atoms with E-state index in [4.69, 9.17) is 10.7 Å². The third-order valence-electron chi connectivity index (χ3n) is 6.45. The number of nitrogens with two attached hydrogens (primary N) is 1. The Balaban J connectivity index is 1.34. The van der Waals surface area contributed by atoms with Crippen molar-refractivity contribution >= 4 is 16.6 Å². The molecular weight excluding hydrogens is 356 g/mol. The van der Waals surface area contributed by atoms with Crippen LogP contribution in [0.2, 0.25) is 0 Å². The Kier molecular flexibility index (Phi) is 4.94. The molecule has 0 amide bonds. The first kappa shape index (κ1) is 18.2. The van der Waals surface area contributed by atoms with Gasteiger partial charge in [-0.3, -0.25) is 0 Å². The average molecular weight is 385 g/mol. The van der Waals surface area contributed by atoms with Crippen molar-refractivity contribution in [1.82, 2.24) is 9.88 Å².